The highest BCUT2D eigenvalue weighted by Gasteiger charge is 2.33. The average Bonchev–Trinajstić information content (AvgIpc) is 3.32. The standard InChI is InChI=1S/C22H29ClN3O8P/c1-3-14-31-22(27)20(24)15-17-6-8-18(9-7-17)34-35(30,25(2)13-5-4-12-23)32-16-19-10-11-21(33-19)26(28)29/h3,6-11,20H,1,4-5,12-16,24H2,2H3. The number of nitrogens with two attached hydrogens (primary N) is 1. The zero-order valence-electron chi connectivity index (χ0n) is 19.3. The molecule has 35 heavy (non-hydrogen) atoms. The Kier molecular flexibility index (Phi) is 11.4. The lowest BCUT2D eigenvalue weighted by Crippen LogP contribution is -2.34. The number of halogens is 1. The molecule has 0 spiro atoms. The summed E-state index contributed by atoms with van der Waals surface area (Å²) in [6.45, 7) is 3.64. The molecule has 0 saturated carbocycles. The van der Waals surface area contributed by atoms with Crippen LogP contribution in [0.2, 0.25) is 0 Å². The first-order chi connectivity index (χ1) is 16.7. The predicted molar refractivity (Wildman–Crippen MR) is 130 cm³/mol. The number of carbonyl (C=O) groups excluding carboxylic acids is 1. The Bertz CT molecular complexity index is 1030. The van der Waals surface area contributed by atoms with E-state index in [0.29, 0.717) is 25.3 Å². The van der Waals surface area contributed by atoms with Crippen LogP contribution in [0.3, 0.4) is 0 Å². The lowest BCUT2D eigenvalue weighted by atomic mass is 10.1. The number of nitrogens with zero attached hydrogens (tertiary/aromatic N) is 2. The van der Waals surface area contributed by atoms with Gasteiger partial charge in [-0.3, -0.25) is 19.4 Å². The van der Waals surface area contributed by atoms with E-state index in [9.17, 15) is 19.5 Å². The molecular weight excluding hydrogens is 501 g/mol. The van der Waals surface area contributed by atoms with Crippen LogP contribution in [0.25, 0.3) is 0 Å². The van der Waals surface area contributed by atoms with Crippen molar-refractivity contribution < 1.29 is 32.5 Å². The van der Waals surface area contributed by atoms with E-state index in [4.69, 9.17) is 35.5 Å². The minimum absolute atomic E-state index is 0.0817. The van der Waals surface area contributed by atoms with Gasteiger partial charge >= 0.3 is 19.6 Å². The Labute approximate surface area is 208 Å². The van der Waals surface area contributed by atoms with Gasteiger partial charge in [-0.25, -0.2) is 9.24 Å². The Balaban J connectivity index is 2.09. The third-order valence-electron chi connectivity index (χ3n) is 4.73. The van der Waals surface area contributed by atoms with E-state index in [1.165, 1.54) is 22.9 Å². The van der Waals surface area contributed by atoms with E-state index in [-0.39, 0.29) is 31.1 Å². The molecule has 2 atom stereocenters. The number of alkyl halides is 1. The van der Waals surface area contributed by atoms with Gasteiger partial charge in [0.2, 0.25) is 0 Å². The quantitative estimate of drug-likeness (QED) is 0.0629. The van der Waals surface area contributed by atoms with Gasteiger partial charge in [-0.1, -0.05) is 24.8 Å². The van der Waals surface area contributed by atoms with Crippen LogP contribution < -0.4 is 10.3 Å². The SMILES string of the molecule is C=CCOC(=O)C(N)Cc1ccc(OP(=O)(OCc2ccc([N+](=O)[O-])o2)N(C)CCCCCl)cc1. The van der Waals surface area contributed by atoms with Crippen LogP contribution in [-0.2, 0) is 31.6 Å². The van der Waals surface area contributed by atoms with Crippen molar-refractivity contribution in [1.82, 2.24) is 4.67 Å². The zero-order valence-corrected chi connectivity index (χ0v) is 21.0. The maximum atomic E-state index is 13.6. The molecule has 0 amide bonds. The summed E-state index contributed by atoms with van der Waals surface area (Å²) < 4.78 is 36.4. The second kappa shape index (κ2) is 14.0. The molecule has 2 unspecified atom stereocenters. The van der Waals surface area contributed by atoms with Crippen LogP contribution in [0.1, 0.15) is 24.2 Å². The predicted octanol–water partition coefficient (Wildman–Crippen LogP) is 4.44. The third kappa shape index (κ3) is 9.12. The number of ether oxygens (including phenoxy) is 1. The highest BCUT2D eigenvalue weighted by Crippen LogP contribution is 2.51. The van der Waals surface area contributed by atoms with Crippen molar-refractivity contribution in [2.24, 2.45) is 5.73 Å². The molecule has 11 nitrogen and oxygen atoms in total. The second-order valence-electron chi connectivity index (χ2n) is 7.48. The molecular formula is C22H29ClN3O8P. The number of hydrogen-bond donors (Lipinski definition) is 1. The van der Waals surface area contributed by atoms with Crippen molar-refractivity contribution in [2.45, 2.75) is 31.9 Å². The molecule has 0 bridgehead atoms. The summed E-state index contributed by atoms with van der Waals surface area (Å²) in [6, 6.07) is 8.24. The smallest absolute Gasteiger partial charge is 0.460 e. The maximum Gasteiger partial charge on any atom is 0.461 e. The fraction of sp³-hybridized carbons (Fsp3) is 0.409. The molecule has 192 valence electrons. The molecule has 2 aromatic rings. The van der Waals surface area contributed by atoms with Gasteiger partial charge in [-0.2, -0.15) is 0 Å². The molecule has 0 saturated heterocycles. The fourth-order valence-corrected chi connectivity index (χ4v) is 4.49. The number of esters is 1. The molecule has 13 heteroatoms. The van der Waals surface area contributed by atoms with E-state index in [1.807, 2.05) is 0 Å². The maximum absolute atomic E-state index is 13.6. The van der Waals surface area contributed by atoms with Crippen molar-refractivity contribution in [2.75, 3.05) is 26.1 Å². The second-order valence-corrected chi connectivity index (χ2v) is 9.92. The molecule has 0 radical (unpaired) electrons. The van der Waals surface area contributed by atoms with E-state index >= 15 is 0 Å². The number of rotatable bonds is 16. The summed E-state index contributed by atoms with van der Waals surface area (Å²) >= 11 is 5.73. The monoisotopic (exact) mass is 529 g/mol. The minimum atomic E-state index is -3.87. The molecule has 0 aliphatic carbocycles. The third-order valence-corrected chi connectivity index (χ3v) is 6.93. The van der Waals surface area contributed by atoms with E-state index in [0.717, 1.165) is 5.56 Å². The van der Waals surface area contributed by atoms with Crippen molar-refractivity contribution in [3.05, 3.63) is 70.5 Å². The molecule has 1 aromatic heterocycles. The lowest BCUT2D eigenvalue weighted by Gasteiger charge is -2.27. The molecule has 2 rings (SSSR count). The first-order valence-corrected chi connectivity index (χ1v) is 12.8. The zero-order chi connectivity index (χ0) is 25.8. The number of furan rings is 1. The summed E-state index contributed by atoms with van der Waals surface area (Å²) in [7, 11) is -2.29. The number of nitro groups is 1. The van der Waals surface area contributed by atoms with Crippen molar-refractivity contribution in [1.29, 1.82) is 0 Å². The fourth-order valence-electron chi connectivity index (χ4n) is 2.84. The van der Waals surface area contributed by atoms with Gasteiger partial charge in [-0.05, 0) is 50.1 Å². The van der Waals surface area contributed by atoms with Crippen LogP contribution in [0.5, 0.6) is 5.75 Å². The van der Waals surface area contributed by atoms with E-state index in [1.54, 1.807) is 31.3 Å². The van der Waals surface area contributed by atoms with Crippen LogP contribution in [0.4, 0.5) is 5.88 Å². The normalized spacial score (nSPS) is 13.7. The molecule has 0 aliphatic heterocycles. The van der Waals surface area contributed by atoms with E-state index < -0.39 is 30.6 Å². The van der Waals surface area contributed by atoms with Gasteiger partial charge in [-0.15, -0.1) is 11.6 Å². The molecule has 0 fully saturated rings. The van der Waals surface area contributed by atoms with Gasteiger partial charge in [0, 0.05) is 12.4 Å². The molecule has 1 heterocycles. The summed E-state index contributed by atoms with van der Waals surface area (Å²) in [5.41, 5.74) is 6.62. The first kappa shape index (κ1) is 28.5. The Morgan fingerprint density at radius 1 is 1.31 bits per heavy atom. The number of hydrogen-bond acceptors (Lipinski definition) is 9. The van der Waals surface area contributed by atoms with Crippen molar-refractivity contribution in [3.8, 4) is 5.75 Å². The van der Waals surface area contributed by atoms with Gasteiger partial charge in [0.25, 0.3) is 0 Å². The van der Waals surface area contributed by atoms with Gasteiger partial charge in [0.05, 0.1) is 6.07 Å². The van der Waals surface area contributed by atoms with Crippen LogP contribution in [0.15, 0.2) is 53.5 Å². The Morgan fingerprint density at radius 3 is 2.63 bits per heavy atom. The minimum Gasteiger partial charge on any atom is -0.460 e. The van der Waals surface area contributed by atoms with Crippen LogP contribution in [0, 0.1) is 10.1 Å². The highest BCUT2D eigenvalue weighted by atomic mass is 35.5. The molecule has 0 aliphatic rings. The molecule has 1 aromatic carbocycles. The highest BCUT2D eigenvalue weighted by molar-refractivity contribution is 7.51. The average molecular weight is 530 g/mol. The lowest BCUT2D eigenvalue weighted by molar-refractivity contribution is -0.402. The van der Waals surface area contributed by atoms with Gasteiger partial charge in [0.15, 0.2) is 0 Å². The number of benzene rings is 1. The number of unbranched alkanes of at least 4 members (excludes halogenated alkanes) is 1. The summed E-state index contributed by atoms with van der Waals surface area (Å²) in [6.07, 6.45) is 3.05. The summed E-state index contributed by atoms with van der Waals surface area (Å²) in [5.74, 6) is -0.144. The van der Waals surface area contributed by atoms with Crippen LogP contribution >= 0.6 is 19.3 Å². The molecule has 2 N–H and O–H groups in total. The van der Waals surface area contributed by atoms with Gasteiger partial charge in [0.1, 0.15) is 35.7 Å². The van der Waals surface area contributed by atoms with Crippen molar-refractivity contribution >= 4 is 31.2 Å². The van der Waals surface area contributed by atoms with Crippen molar-refractivity contribution in [3.63, 3.8) is 0 Å². The summed E-state index contributed by atoms with van der Waals surface area (Å²) in [5, 5.41) is 10.8. The Morgan fingerprint density at radius 2 is 2.03 bits per heavy atom. The number of carbonyl (C=O) groups is 1. The van der Waals surface area contributed by atoms with E-state index in [2.05, 4.69) is 6.58 Å². The Hall–Kier alpha value is -2.69. The van der Waals surface area contributed by atoms with Crippen LogP contribution in [-0.4, -0.2) is 47.7 Å². The topological polar surface area (TPSA) is 147 Å². The summed E-state index contributed by atoms with van der Waals surface area (Å²) in [4.78, 5) is 22.0. The first-order valence-electron chi connectivity index (χ1n) is 10.8. The largest absolute Gasteiger partial charge is 0.461 e. The van der Waals surface area contributed by atoms with Gasteiger partial charge < -0.3 is 19.4 Å².